The summed E-state index contributed by atoms with van der Waals surface area (Å²) in [6, 6.07) is 4.95. The van der Waals surface area contributed by atoms with Gasteiger partial charge in [0.15, 0.2) is 15.6 Å². The SMILES string of the molecule is Cc1ccc(S(=O)(=O)CC(=O)C(C)C)cc1C. The molecule has 0 atom stereocenters. The number of Topliss-reactive ketones (excluding diaryl/α,β-unsaturated/α-hetero) is 1. The minimum absolute atomic E-state index is 0.231. The van der Waals surface area contributed by atoms with E-state index in [1.807, 2.05) is 13.8 Å². The first-order valence-corrected chi connectivity index (χ1v) is 7.22. The quantitative estimate of drug-likeness (QED) is 0.828. The summed E-state index contributed by atoms with van der Waals surface area (Å²) in [5, 5.41) is 0. The molecule has 0 heterocycles. The number of sulfone groups is 1. The fourth-order valence-corrected chi connectivity index (χ4v) is 2.85. The number of aryl methyl sites for hydroxylation is 2. The fourth-order valence-electron chi connectivity index (χ4n) is 1.34. The third kappa shape index (κ3) is 3.40. The second-order valence-electron chi connectivity index (χ2n) is 4.63. The first-order valence-electron chi connectivity index (χ1n) is 5.57. The number of carbonyl (C=O) groups is 1. The molecular formula is C13H18O3S. The third-order valence-electron chi connectivity index (χ3n) is 2.81. The molecule has 0 aliphatic carbocycles. The molecule has 0 spiro atoms. The van der Waals surface area contributed by atoms with Crippen LogP contribution in [0.4, 0.5) is 0 Å². The normalized spacial score (nSPS) is 11.8. The van der Waals surface area contributed by atoms with Crippen LogP contribution in [0.25, 0.3) is 0 Å². The highest BCUT2D eigenvalue weighted by molar-refractivity contribution is 7.92. The summed E-state index contributed by atoms with van der Waals surface area (Å²) < 4.78 is 24.0. The molecule has 0 aromatic heterocycles. The van der Waals surface area contributed by atoms with Gasteiger partial charge in [0.25, 0.3) is 0 Å². The predicted molar refractivity (Wildman–Crippen MR) is 67.8 cm³/mol. The van der Waals surface area contributed by atoms with Crippen LogP contribution in [0, 0.1) is 19.8 Å². The van der Waals surface area contributed by atoms with Crippen LogP contribution in [0.1, 0.15) is 25.0 Å². The summed E-state index contributed by atoms with van der Waals surface area (Å²) in [5.74, 6) is -0.910. The Morgan fingerprint density at radius 3 is 2.24 bits per heavy atom. The largest absolute Gasteiger partial charge is 0.298 e. The van der Waals surface area contributed by atoms with Crippen molar-refractivity contribution in [1.82, 2.24) is 0 Å². The van der Waals surface area contributed by atoms with Crippen LogP contribution < -0.4 is 0 Å². The van der Waals surface area contributed by atoms with Gasteiger partial charge in [0.05, 0.1) is 4.90 Å². The summed E-state index contributed by atoms with van der Waals surface area (Å²) in [4.78, 5) is 11.7. The van der Waals surface area contributed by atoms with E-state index in [-0.39, 0.29) is 16.6 Å². The summed E-state index contributed by atoms with van der Waals surface area (Å²) in [7, 11) is -3.49. The van der Waals surface area contributed by atoms with Gasteiger partial charge in [-0.3, -0.25) is 4.79 Å². The third-order valence-corrected chi connectivity index (χ3v) is 4.45. The summed E-state index contributed by atoms with van der Waals surface area (Å²) in [5.41, 5.74) is 1.96. The van der Waals surface area contributed by atoms with Gasteiger partial charge in [-0.15, -0.1) is 0 Å². The van der Waals surface area contributed by atoms with E-state index in [1.165, 1.54) is 0 Å². The van der Waals surface area contributed by atoms with Crippen LogP contribution >= 0.6 is 0 Å². The zero-order valence-corrected chi connectivity index (χ0v) is 11.5. The van der Waals surface area contributed by atoms with Gasteiger partial charge < -0.3 is 0 Å². The minimum Gasteiger partial charge on any atom is -0.298 e. The van der Waals surface area contributed by atoms with E-state index < -0.39 is 15.6 Å². The highest BCUT2D eigenvalue weighted by Gasteiger charge is 2.21. The Morgan fingerprint density at radius 1 is 1.18 bits per heavy atom. The lowest BCUT2D eigenvalue weighted by atomic mass is 10.1. The molecule has 0 saturated heterocycles. The molecular weight excluding hydrogens is 236 g/mol. The van der Waals surface area contributed by atoms with Gasteiger partial charge in [-0.25, -0.2) is 8.42 Å². The van der Waals surface area contributed by atoms with Gasteiger partial charge >= 0.3 is 0 Å². The van der Waals surface area contributed by atoms with E-state index >= 15 is 0 Å². The van der Waals surface area contributed by atoms with Crippen molar-refractivity contribution >= 4 is 15.6 Å². The van der Waals surface area contributed by atoms with Crippen molar-refractivity contribution in [3.05, 3.63) is 29.3 Å². The molecule has 0 radical (unpaired) electrons. The average Bonchev–Trinajstić information content (AvgIpc) is 2.21. The van der Waals surface area contributed by atoms with Crippen LogP contribution in [0.5, 0.6) is 0 Å². The minimum atomic E-state index is -3.49. The summed E-state index contributed by atoms with van der Waals surface area (Å²) >= 11 is 0. The Hall–Kier alpha value is -1.16. The van der Waals surface area contributed by atoms with Gasteiger partial charge in [-0.05, 0) is 37.1 Å². The van der Waals surface area contributed by atoms with E-state index in [0.717, 1.165) is 11.1 Å². The molecule has 0 fully saturated rings. The second-order valence-corrected chi connectivity index (χ2v) is 6.62. The van der Waals surface area contributed by atoms with E-state index in [9.17, 15) is 13.2 Å². The van der Waals surface area contributed by atoms with Crippen LogP contribution in [0.15, 0.2) is 23.1 Å². The maximum atomic E-state index is 12.0. The van der Waals surface area contributed by atoms with Crippen molar-refractivity contribution in [2.75, 3.05) is 5.75 Å². The Morgan fingerprint density at radius 2 is 1.76 bits per heavy atom. The average molecular weight is 254 g/mol. The standard InChI is InChI=1S/C13H18O3S/c1-9(2)13(14)8-17(15,16)12-6-5-10(3)11(4)7-12/h5-7,9H,8H2,1-4H3. The van der Waals surface area contributed by atoms with Crippen LogP contribution in [0.2, 0.25) is 0 Å². The molecule has 0 bridgehead atoms. The Kier molecular flexibility index (Phi) is 4.09. The number of carbonyl (C=O) groups excluding carboxylic acids is 1. The molecule has 0 N–H and O–H groups in total. The van der Waals surface area contributed by atoms with Gasteiger partial charge in [0.1, 0.15) is 5.75 Å². The Labute approximate surface area is 103 Å². The number of rotatable bonds is 4. The molecule has 0 amide bonds. The zero-order valence-electron chi connectivity index (χ0n) is 10.6. The lowest BCUT2D eigenvalue weighted by Gasteiger charge is -2.08. The zero-order chi connectivity index (χ0) is 13.2. The predicted octanol–water partition coefficient (Wildman–Crippen LogP) is 2.30. The van der Waals surface area contributed by atoms with Crippen molar-refractivity contribution in [2.24, 2.45) is 5.92 Å². The number of benzene rings is 1. The van der Waals surface area contributed by atoms with E-state index in [1.54, 1.807) is 32.0 Å². The molecule has 3 nitrogen and oxygen atoms in total. The van der Waals surface area contributed by atoms with Gasteiger partial charge in [0, 0.05) is 5.92 Å². The fraction of sp³-hybridized carbons (Fsp3) is 0.462. The van der Waals surface area contributed by atoms with Gasteiger partial charge in [-0.1, -0.05) is 19.9 Å². The van der Waals surface area contributed by atoms with E-state index in [0.29, 0.717) is 0 Å². The highest BCUT2D eigenvalue weighted by atomic mass is 32.2. The monoisotopic (exact) mass is 254 g/mol. The number of hydrogen-bond donors (Lipinski definition) is 0. The van der Waals surface area contributed by atoms with E-state index in [2.05, 4.69) is 0 Å². The summed E-state index contributed by atoms with van der Waals surface area (Å²) in [6.45, 7) is 7.19. The smallest absolute Gasteiger partial charge is 0.185 e. The van der Waals surface area contributed by atoms with Crippen LogP contribution in [-0.4, -0.2) is 20.0 Å². The number of hydrogen-bond acceptors (Lipinski definition) is 3. The summed E-state index contributed by atoms with van der Waals surface area (Å²) in [6.07, 6.45) is 0. The molecule has 94 valence electrons. The molecule has 0 aliphatic rings. The Bertz CT molecular complexity index is 528. The molecule has 0 aliphatic heterocycles. The maximum Gasteiger partial charge on any atom is 0.185 e. The van der Waals surface area contributed by atoms with Crippen molar-refractivity contribution in [2.45, 2.75) is 32.6 Å². The molecule has 17 heavy (non-hydrogen) atoms. The van der Waals surface area contributed by atoms with Gasteiger partial charge in [0.2, 0.25) is 0 Å². The first kappa shape index (κ1) is 13.9. The van der Waals surface area contributed by atoms with Crippen molar-refractivity contribution in [3.8, 4) is 0 Å². The van der Waals surface area contributed by atoms with E-state index in [4.69, 9.17) is 0 Å². The molecule has 0 saturated carbocycles. The van der Waals surface area contributed by atoms with Crippen LogP contribution in [0.3, 0.4) is 0 Å². The maximum absolute atomic E-state index is 12.0. The molecule has 1 aromatic rings. The molecule has 0 unspecified atom stereocenters. The molecule has 1 aromatic carbocycles. The van der Waals surface area contributed by atoms with Gasteiger partial charge in [-0.2, -0.15) is 0 Å². The van der Waals surface area contributed by atoms with Crippen LogP contribution in [-0.2, 0) is 14.6 Å². The number of ketones is 1. The van der Waals surface area contributed by atoms with Crippen molar-refractivity contribution < 1.29 is 13.2 Å². The first-order chi connectivity index (χ1) is 7.74. The topological polar surface area (TPSA) is 51.2 Å². The van der Waals surface area contributed by atoms with Crippen molar-refractivity contribution in [3.63, 3.8) is 0 Å². The lowest BCUT2D eigenvalue weighted by Crippen LogP contribution is -2.20. The van der Waals surface area contributed by atoms with Crippen molar-refractivity contribution in [1.29, 1.82) is 0 Å². The molecule has 4 heteroatoms. The molecule has 1 rings (SSSR count). The highest BCUT2D eigenvalue weighted by Crippen LogP contribution is 2.17. The lowest BCUT2D eigenvalue weighted by molar-refractivity contribution is -0.119. The second kappa shape index (κ2) is 5.00. The Balaban J connectivity index is 3.06.